The first-order valence-electron chi connectivity index (χ1n) is 8.72. The number of anilines is 1. The van der Waals surface area contributed by atoms with Crippen LogP contribution < -0.4 is 5.32 Å². The summed E-state index contributed by atoms with van der Waals surface area (Å²) in [5, 5.41) is 13.2. The molecule has 134 valence electrons. The van der Waals surface area contributed by atoms with Gasteiger partial charge in [-0.05, 0) is 43.5 Å². The van der Waals surface area contributed by atoms with Gasteiger partial charge in [0, 0.05) is 36.8 Å². The van der Waals surface area contributed by atoms with Gasteiger partial charge >= 0.3 is 0 Å². The zero-order valence-corrected chi connectivity index (χ0v) is 14.1. The molecule has 1 saturated carbocycles. The topological polar surface area (TPSA) is 69.6 Å². The molecule has 1 aromatic rings. The molecule has 2 fully saturated rings. The fraction of sp³-hybridized carbons (Fsp3) is 0.474. The highest BCUT2D eigenvalue weighted by Crippen LogP contribution is 2.39. The number of rotatable bonds is 3. The summed E-state index contributed by atoms with van der Waals surface area (Å²) in [5.74, 6) is -0.912. The van der Waals surface area contributed by atoms with E-state index in [-0.39, 0.29) is 17.6 Å². The predicted octanol–water partition coefficient (Wildman–Crippen LogP) is 2.47. The molecule has 5 nitrogen and oxygen atoms in total. The molecular weight excluding hydrogens is 323 g/mol. The summed E-state index contributed by atoms with van der Waals surface area (Å²) in [6, 6.07) is 5.42. The molecular formula is C19H23FN2O3. The summed E-state index contributed by atoms with van der Waals surface area (Å²) in [6.07, 6.45) is 6.93. The Labute approximate surface area is 146 Å². The maximum atomic E-state index is 12.8. The molecule has 0 bridgehead atoms. The van der Waals surface area contributed by atoms with E-state index in [0.717, 1.165) is 25.7 Å². The molecule has 0 aromatic heterocycles. The van der Waals surface area contributed by atoms with Crippen molar-refractivity contribution < 1.29 is 19.1 Å². The predicted molar refractivity (Wildman–Crippen MR) is 92.3 cm³/mol. The smallest absolute Gasteiger partial charge is 0.248 e. The number of nitrogens with one attached hydrogen (secondary N) is 1. The van der Waals surface area contributed by atoms with E-state index in [2.05, 4.69) is 5.32 Å². The number of hydrogen-bond acceptors (Lipinski definition) is 3. The Balaban J connectivity index is 1.54. The molecule has 1 aliphatic carbocycles. The van der Waals surface area contributed by atoms with Crippen LogP contribution in [0, 0.1) is 11.7 Å². The summed E-state index contributed by atoms with van der Waals surface area (Å²) in [4.78, 5) is 25.9. The first-order valence-corrected chi connectivity index (χ1v) is 8.72. The third kappa shape index (κ3) is 4.25. The van der Waals surface area contributed by atoms with Crippen molar-refractivity contribution in [2.45, 2.75) is 37.7 Å². The minimum Gasteiger partial charge on any atom is -0.389 e. The average molecular weight is 346 g/mol. The van der Waals surface area contributed by atoms with Crippen molar-refractivity contribution in [2.75, 3.05) is 18.4 Å². The van der Waals surface area contributed by atoms with Crippen molar-refractivity contribution >= 4 is 17.5 Å². The maximum Gasteiger partial charge on any atom is 0.248 e. The van der Waals surface area contributed by atoms with Crippen molar-refractivity contribution in [1.29, 1.82) is 0 Å². The van der Waals surface area contributed by atoms with E-state index < -0.39 is 11.5 Å². The lowest BCUT2D eigenvalue weighted by Gasteiger charge is -2.47. The molecule has 0 radical (unpaired) electrons. The lowest BCUT2D eigenvalue weighted by atomic mass is 9.71. The second-order valence-corrected chi connectivity index (χ2v) is 6.91. The lowest BCUT2D eigenvalue weighted by Crippen LogP contribution is -2.54. The molecule has 2 aliphatic rings. The highest BCUT2D eigenvalue weighted by atomic mass is 19.1. The maximum absolute atomic E-state index is 12.8. The van der Waals surface area contributed by atoms with E-state index in [4.69, 9.17) is 0 Å². The molecule has 2 atom stereocenters. The van der Waals surface area contributed by atoms with Crippen LogP contribution in [0.5, 0.6) is 0 Å². The van der Waals surface area contributed by atoms with Crippen LogP contribution in [0.2, 0.25) is 0 Å². The Morgan fingerprint density at radius 3 is 2.72 bits per heavy atom. The van der Waals surface area contributed by atoms with Gasteiger partial charge < -0.3 is 15.3 Å². The van der Waals surface area contributed by atoms with E-state index in [9.17, 15) is 19.1 Å². The van der Waals surface area contributed by atoms with Gasteiger partial charge in [0.1, 0.15) is 5.82 Å². The van der Waals surface area contributed by atoms with Gasteiger partial charge in [-0.15, -0.1) is 0 Å². The number of carbonyl (C=O) groups excluding carboxylic acids is 2. The first kappa shape index (κ1) is 17.6. The van der Waals surface area contributed by atoms with Crippen LogP contribution in [0.1, 0.15) is 32.1 Å². The van der Waals surface area contributed by atoms with Gasteiger partial charge in [0.05, 0.1) is 5.60 Å². The third-order valence-corrected chi connectivity index (χ3v) is 5.23. The number of piperidine rings is 1. The van der Waals surface area contributed by atoms with Gasteiger partial charge in [-0.3, -0.25) is 9.59 Å². The molecule has 3 rings (SSSR count). The summed E-state index contributed by atoms with van der Waals surface area (Å²) in [7, 11) is 0. The zero-order chi connectivity index (χ0) is 17.9. The number of carbonyl (C=O) groups is 2. The van der Waals surface area contributed by atoms with E-state index >= 15 is 0 Å². The van der Waals surface area contributed by atoms with E-state index in [1.54, 1.807) is 4.90 Å². The van der Waals surface area contributed by atoms with Crippen LogP contribution in [0.25, 0.3) is 0 Å². The number of halogens is 1. The Bertz CT molecular complexity index is 674. The minimum atomic E-state index is -0.626. The number of benzene rings is 1. The van der Waals surface area contributed by atoms with Gasteiger partial charge in [0.25, 0.3) is 0 Å². The molecule has 2 unspecified atom stereocenters. The van der Waals surface area contributed by atoms with Gasteiger partial charge in [-0.2, -0.15) is 0 Å². The Kier molecular flexibility index (Phi) is 5.18. The number of aliphatic hydroxyl groups is 1. The molecule has 1 aliphatic heterocycles. The van der Waals surface area contributed by atoms with Gasteiger partial charge in [0.2, 0.25) is 11.8 Å². The minimum absolute atomic E-state index is 0.125. The largest absolute Gasteiger partial charge is 0.389 e. The summed E-state index contributed by atoms with van der Waals surface area (Å²) in [6.45, 7) is 1.05. The van der Waals surface area contributed by atoms with Crippen molar-refractivity contribution in [2.24, 2.45) is 5.92 Å². The van der Waals surface area contributed by atoms with Crippen molar-refractivity contribution in [3.8, 4) is 0 Å². The molecule has 1 saturated heterocycles. The molecule has 2 N–H and O–H groups in total. The molecule has 6 heteroatoms. The normalized spacial score (nSPS) is 26.3. The fourth-order valence-electron chi connectivity index (χ4n) is 3.74. The van der Waals surface area contributed by atoms with Crippen molar-refractivity contribution in [1.82, 2.24) is 4.90 Å². The van der Waals surface area contributed by atoms with E-state index in [0.29, 0.717) is 25.2 Å². The molecule has 1 aromatic carbocycles. The van der Waals surface area contributed by atoms with Gasteiger partial charge in [-0.25, -0.2) is 4.39 Å². The van der Waals surface area contributed by atoms with Crippen LogP contribution in [-0.2, 0) is 9.59 Å². The molecule has 2 amide bonds. The number of amides is 2. The molecule has 1 heterocycles. The highest BCUT2D eigenvalue weighted by Gasteiger charge is 2.43. The standard InChI is InChI=1S/C19H23FN2O3/c20-15-4-6-16(7-5-15)21-17(23)8-9-18(24)22-12-11-19(25)10-2-1-3-14(19)13-22/h4-9,14,25H,1-3,10-13H2,(H,21,23)/b9-8+. The first-order chi connectivity index (χ1) is 12.0. The Morgan fingerprint density at radius 2 is 1.96 bits per heavy atom. The molecule has 25 heavy (non-hydrogen) atoms. The van der Waals surface area contributed by atoms with Crippen molar-refractivity contribution in [3.05, 3.63) is 42.2 Å². The molecule has 0 spiro atoms. The average Bonchev–Trinajstić information content (AvgIpc) is 2.61. The number of likely N-dealkylation sites (tertiary alicyclic amines) is 1. The van der Waals surface area contributed by atoms with E-state index in [1.807, 2.05) is 0 Å². The summed E-state index contributed by atoms with van der Waals surface area (Å²) < 4.78 is 12.8. The zero-order valence-electron chi connectivity index (χ0n) is 14.1. The van der Waals surface area contributed by atoms with Crippen LogP contribution >= 0.6 is 0 Å². The summed E-state index contributed by atoms with van der Waals surface area (Å²) >= 11 is 0. The van der Waals surface area contributed by atoms with Crippen LogP contribution in [0.3, 0.4) is 0 Å². The van der Waals surface area contributed by atoms with E-state index in [1.165, 1.54) is 36.4 Å². The monoisotopic (exact) mass is 346 g/mol. The second-order valence-electron chi connectivity index (χ2n) is 6.91. The SMILES string of the molecule is O=C(/C=C/C(=O)N1CCC2(O)CCCCC2C1)Nc1ccc(F)cc1. The Hall–Kier alpha value is -2.21. The highest BCUT2D eigenvalue weighted by molar-refractivity contribution is 6.03. The fourth-order valence-corrected chi connectivity index (χ4v) is 3.74. The van der Waals surface area contributed by atoms with Gasteiger partial charge in [0.15, 0.2) is 0 Å². The number of hydrogen-bond donors (Lipinski definition) is 2. The third-order valence-electron chi connectivity index (χ3n) is 5.23. The van der Waals surface area contributed by atoms with Crippen LogP contribution in [-0.4, -0.2) is 40.5 Å². The number of nitrogens with zero attached hydrogens (tertiary/aromatic N) is 1. The summed E-state index contributed by atoms with van der Waals surface area (Å²) in [5.41, 5.74) is -0.160. The second kappa shape index (κ2) is 7.35. The quantitative estimate of drug-likeness (QED) is 0.826. The number of fused-ring (bicyclic) bond motifs is 1. The van der Waals surface area contributed by atoms with Gasteiger partial charge in [-0.1, -0.05) is 12.8 Å². The lowest BCUT2D eigenvalue weighted by molar-refractivity contribution is -0.138. The Morgan fingerprint density at radius 1 is 1.20 bits per heavy atom. The van der Waals surface area contributed by atoms with Crippen LogP contribution in [0.15, 0.2) is 36.4 Å². The van der Waals surface area contributed by atoms with Crippen molar-refractivity contribution in [3.63, 3.8) is 0 Å². The van der Waals surface area contributed by atoms with Crippen LogP contribution in [0.4, 0.5) is 10.1 Å².